The molecule has 0 atom stereocenters. The van der Waals surface area contributed by atoms with Crippen LogP contribution in [0.25, 0.3) is 5.65 Å². The molecule has 1 saturated heterocycles. The first kappa shape index (κ1) is 18.5. The number of hydrogen-bond acceptors (Lipinski definition) is 4. The van der Waals surface area contributed by atoms with Crippen LogP contribution in [0, 0.1) is 0 Å². The summed E-state index contributed by atoms with van der Waals surface area (Å²) in [4.78, 5) is 4.68. The standard InChI is InChI=1S/C17H19N5.2ClH/c1-2-4-14(5-3-1)19-15-6-7-16-20-17(21-22(16)12-15)13-8-10-18-11-9-13;;/h1-7,12-13,18-19H,8-11H2;2*1H. The average molecular weight is 366 g/mol. The molecule has 1 fully saturated rings. The Balaban J connectivity index is 0.00000104. The lowest BCUT2D eigenvalue weighted by molar-refractivity contribution is 0.445. The van der Waals surface area contributed by atoms with E-state index in [2.05, 4.69) is 20.7 Å². The van der Waals surface area contributed by atoms with Crippen LogP contribution in [-0.2, 0) is 0 Å². The number of aromatic nitrogens is 3. The van der Waals surface area contributed by atoms with Gasteiger partial charge in [0.25, 0.3) is 0 Å². The highest BCUT2D eigenvalue weighted by Crippen LogP contribution is 2.23. The third kappa shape index (κ3) is 3.98. The molecule has 24 heavy (non-hydrogen) atoms. The van der Waals surface area contributed by atoms with Crippen molar-refractivity contribution in [3.8, 4) is 0 Å². The van der Waals surface area contributed by atoms with E-state index in [1.54, 1.807) is 0 Å². The second kappa shape index (κ2) is 8.33. The topological polar surface area (TPSA) is 54.2 Å². The number of piperidine rings is 1. The van der Waals surface area contributed by atoms with Gasteiger partial charge in [0.2, 0.25) is 0 Å². The molecule has 1 aliphatic rings. The number of anilines is 2. The fourth-order valence-electron chi connectivity index (χ4n) is 2.92. The molecular formula is C17H21Cl2N5. The molecule has 1 aliphatic heterocycles. The lowest BCUT2D eigenvalue weighted by atomic mass is 9.98. The summed E-state index contributed by atoms with van der Waals surface area (Å²) in [6, 6.07) is 14.2. The Labute approximate surface area is 153 Å². The Hall–Kier alpha value is -1.82. The molecule has 0 spiro atoms. The highest BCUT2D eigenvalue weighted by atomic mass is 35.5. The normalized spacial score (nSPS) is 14.7. The number of nitrogens with zero attached hydrogens (tertiary/aromatic N) is 3. The largest absolute Gasteiger partial charge is 0.354 e. The predicted molar refractivity (Wildman–Crippen MR) is 102 cm³/mol. The number of nitrogens with one attached hydrogen (secondary N) is 2. The molecule has 0 unspecified atom stereocenters. The predicted octanol–water partition coefficient (Wildman–Crippen LogP) is 3.78. The molecule has 3 aromatic rings. The van der Waals surface area contributed by atoms with Gasteiger partial charge in [-0.05, 0) is 50.2 Å². The molecule has 1 aromatic carbocycles. The molecule has 0 aliphatic carbocycles. The molecule has 2 N–H and O–H groups in total. The Kier molecular flexibility index (Phi) is 6.43. The minimum Gasteiger partial charge on any atom is -0.354 e. The number of halogens is 2. The van der Waals surface area contributed by atoms with Crippen molar-refractivity contribution in [2.45, 2.75) is 18.8 Å². The third-order valence-corrected chi connectivity index (χ3v) is 4.11. The highest BCUT2D eigenvalue weighted by Gasteiger charge is 2.19. The van der Waals surface area contributed by atoms with Crippen LogP contribution in [-0.4, -0.2) is 27.7 Å². The zero-order valence-corrected chi connectivity index (χ0v) is 14.8. The van der Waals surface area contributed by atoms with Gasteiger partial charge in [0.1, 0.15) is 0 Å². The maximum Gasteiger partial charge on any atom is 0.155 e. The minimum atomic E-state index is 0. The van der Waals surface area contributed by atoms with Gasteiger partial charge in [-0.1, -0.05) is 18.2 Å². The van der Waals surface area contributed by atoms with E-state index >= 15 is 0 Å². The number of rotatable bonds is 3. The molecule has 0 amide bonds. The zero-order valence-electron chi connectivity index (χ0n) is 13.2. The highest BCUT2D eigenvalue weighted by molar-refractivity contribution is 5.85. The molecular weight excluding hydrogens is 345 g/mol. The van der Waals surface area contributed by atoms with Crippen molar-refractivity contribution in [2.75, 3.05) is 18.4 Å². The lowest BCUT2D eigenvalue weighted by Crippen LogP contribution is -2.27. The van der Waals surface area contributed by atoms with E-state index in [-0.39, 0.29) is 24.8 Å². The van der Waals surface area contributed by atoms with Gasteiger partial charge in [-0.15, -0.1) is 24.8 Å². The molecule has 0 saturated carbocycles. The van der Waals surface area contributed by atoms with Gasteiger partial charge in [-0.25, -0.2) is 9.50 Å². The van der Waals surface area contributed by atoms with Gasteiger partial charge in [0.15, 0.2) is 11.5 Å². The van der Waals surface area contributed by atoms with Crippen LogP contribution in [0.1, 0.15) is 24.6 Å². The molecule has 0 bridgehead atoms. The zero-order chi connectivity index (χ0) is 14.8. The minimum absolute atomic E-state index is 0. The van der Waals surface area contributed by atoms with Crippen LogP contribution in [0.2, 0.25) is 0 Å². The van der Waals surface area contributed by atoms with Gasteiger partial charge in [0, 0.05) is 11.6 Å². The van der Waals surface area contributed by atoms with Gasteiger partial charge >= 0.3 is 0 Å². The number of hydrogen-bond donors (Lipinski definition) is 2. The van der Waals surface area contributed by atoms with Crippen molar-refractivity contribution in [3.05, 3.63) is 54.5 Å². The van der Waals surface area contributed by atoms with Crippen LogP contribution in [0.4, 0.5) is 11.4 Å². The van der Waals surface area contributed by atoms with E-state index in [0.29, 0.717) is 5.92 Å². The second-order valence-corrected chi connectivity index (χ2v) is 5.71. The monoisotopic (exact) mass is 365 g/mol. The van der Waals surface area contributed by atoms with Crippen molar-refractivity contribution in [3.63, 3.8) is 0 Å². The van der Waals surface area contributed by atoms with E-state index in [4.69, 9.17) is 0 Å². The van der Waals surface area contributed by atoms with Crippen molar-refractivity contribution < 1.29 is 0 Å². The lowest BCUT2D eigenvalue weighted by Gasteiger charge is -2.19. The van der Waals surface area contributed by atoms with Gasteiger partial charge in [-0.3, -0.25) is 0 Å². The summed E-state index contributed by atoms with van der Waals surface area (Å²) in [5, 5.41) is 11.4. The van der Waals surface area contributed by atoms with Crippen molar-refractivity contribution >= 4 is 41.8 Å². The Bertz CT molecular complexity index is 769. The molecule has 5 nitrogen and oxygen atoms in total. The maximum absolute atomic E-state index is 4.68. The van der Waals surface area contributed by atoms with Crippen molar-refractivity contribution in [2.24, 2.45) is 0 Å². The maximum atomic E-state index is 4.68. The Morgan fingerprint density at radius 2 is 1.71 bits per heavy atom. The fourth-order valence-corrected chi connectivity index (χ4v) is 2.92. The molecule has 4 rings (SSSR count). The third-order valence-electron chi connectivity index (χ3n) is 4.11. The number of benzene rings is 1. The van der Waals surface area contributed by atoms with Crippen LogP contribution in [0.3, 0.4) is 0 Å². The van der Waals surface area contributed by atoms with Crippen molar-refractivity contribution in [1.29, 1.82) is 0 Å². The molecule has 7 heteroatoms. The van der Waals surface area contributed by atoms with E-state index in [9.17, 15) is 0 Å². The summed E-state index contributed by atoms with van der Waals surface area (Å²) in [5.74, 6) is 1.45. The molecule has 0 radical (unpaired) electrons. The van der Waals surface area contributed by atoms with Crippen molar-refractivity contribution in [1.82, 2.24) is 19.9 Å². The number of para-hydroxylation sites is 1. The fraction of sp³-hybridized carbons (Fsp3) is 0.294. The van der Waals surface area contributed by atoms with Crippen LogP contribution in [0.5, 0.6) is 0 Å². The van der Waals surface area contributed by atoms with Gasteiger partial charge < -0.3 is 10.6 Å². The molecule has 3 heterocycles. The van der Waals surface area contributed by atoms with E-state index in [1.165, 1.54) is 0 Å². The van der Waals surface area contributed by atoms with E-state index in [1.807, 2.05) is 53.2 Å². The summed E-state index contributed by atoms with van der Waals surface area (Å²) in [7, 11) is 0. The summed E-state index contributed by atoms with van der Waals surface area (Å²) >= 11 is 0. The number of pyridine rings is 1. The van der Waals surface area contributed by atoms with Crippen LogP contribution < -0.4 is 10.6 Å². The quantitative estimate of drug-likeness (QED) is 0.741. The first-order valence-electron chi connectivity index (χ1n) is 7.77. The average Bonchev–Trinajstić information content (AvgIpc) is 3.00. The van der Waals surface area contributed by atoms with Gasteiger partial charge in [0.05, 0.1) is 11.9 Å². The van der Waals surface area contributed by atoms with Crippen LogP contribution >= 0.6 is 24.8 Å². The SMILES string of the molecule is Cl.Cl.c1ccc(Nc2ccc3nc(C4CCNCC4)nn3c2)cc1. The van der Waals surface area contributed by atoms with Gasteiger partial charge in [-0.2, -0.15) is 5.10 Å². The summed E-state index contributed by atoms with van der Waals surface area (Å²) in [6.45, 7) is 2.11. The summed E-state index contributed by atoms with van der Waals surface area (Å²) in [6.07, 6.45) is 4.23. The first-order chi connectivity index (χ1) is 10.9. The Morgan fingerprint density at radius 1 is 0.958 bits per heavy atom. The van der Waals surface area contributed by atoms with E-state index < -0.39 is 0 Å². The molecule has 128 valence electrons. The molecule has 2 aromatic heterocycles. The van der Waals surface area contributed by atoms with E-state index in [0.717, 1.165) is 48.8 Å². The second-order valence-electron chi connectivity index (χ2n) is 5.71. The first-order valence-corrected chi connectivity index (χ1v) is 7.77. The smallest absolute Gasteiger partial charge is 0.155 e. The summed E-state index contributed by atoms with van der Waals surface area (Å²) in [5.41, 5.74) is 2.99. The Morgan fingerprint density at radius 3 is 2.46 bits per heavy atom. The summed E-state index contributed by atoms with van der Waals surface area (Å²) < 4.78 is 1.88. The van der Waals surface area contributed by atoms with Crippen LogP contribution in [0.15, 0.2) is 48.7 Å². The number of fused-ring (bicyclic) bond motifs is 1.